The van der Waals surface area contributed by atoms with E-state index in [4.69, 9.17) is 16.3 Å². The highest BCUT2D eigenvalue weighted by molar-refractivity contribution is 6.31. The Morgan fingerprint density at radius 3 is 2.88 bits per heavy atom. The Bertz CT molecular complexity index is 375. The third-order valence-corrected chi connectivity index (χ3v) is 3.35. The van der Waals surface area contributed by atoms with Crippen LogP contribution in [0.3, 0.4) is 0 Å². The lowest BCUT2D eigenvalue weighted by Gasteiger charge is -2.33. The molecule has 1 saturated heterocycles. The number of benzene rings is 1. The van der Waals surface area contributed by atoms with Crippen molar-refractivity contribution in [2.24, 2.45) is 0 Å². The minimum atomic E-state index is -0.846. The van der Waals surface area contributed by atoms with E-state index in [0.29, 0.717) is 17.3 Å². The summed E-state index contributed by atoms with van der Waals surface area (Å²) in [6.07, 6.45) is 1.70. The van der Waals surface area contributed by atoms with E-state index in [9.17, 15) is 5.11 Å². The van der Waals surface area contributed by atoms with Crippen molar-refractivity contribution in [2.45, 2.75) is 18.4 Å². The highest BCUT2D eigenvalue weighted by atomic mass is 35.5. The Hall–Kier alpha value is -0.770. The van der Waals surface area contributed by atoms with Gasteiger partial charge in [0, 0.05) is 12.1 Å². The van der Waals surface area contributed by atoms with E-state index in [1.165, 1.54) is 0 Å². The van der Waals surface area contributed by atoms with Crippen molar-refractivity contribution in [1.82, 2.24) is 5.32 Å². The number of ether oxygens (including phenoxy) is 1. The van der Waals surface area contributed by atoms with E-state index >= 15 is 0 Å². The highest BCUT2D eigenvalue weighted by Gasteiger charge is 2.32. The molecule has 1 atom stereocenters. The third-order valence-electron chi connectivity index (χ3n) is 3.04. The van der Waals surface area contributed by atoms with Crippen LogP contribution < -0.4 is 10.1 Å². The van der Waals surface area contributed by atoms with E-state index in [0.717, 1.165) is 24.9 Å². The molecule has 0 aromatic heterocycles. The van der Waals surface area contributed by atoms with Gasteiger partial charge in [0.25, 0.3) is 0 Å². The van der Waals surface area contributed by atoms with Gasteiger partial charge in [-0.25, -0.2) is 0 Å². The van der Waals surface area contributed by atoms with Gasteiger partial charge in [0.05, 0.1) is 12.1 Å². The molecule has 0 amide bonds. The number of aliphatic hydroxyl groups is 1. The first-order chi connectivity index (χ1) is 7.65. The number of halogens is 1. The molecule has 1 aliphatic heterocycles. The fourth-order valence-corrected chi connectivity index (χ4v) is 2.47. The summed E-state index contributed by atoms with van der Waals surface area (Å²) in [4.78, 5) is 0. The van der Waals surface area contributed by atoms with Crippen molar-refractivity contribution < 1.29 is 9.84 Å². The normalized spacial score (nSPS) is 25.4. The molecule has 0 bridgehead atoms. The standard InChI is InChI=1S/C12H16ClNO2/c1-16-9-3-4-10(11(13)7-9)12(15)5-2-6-14-8-12/h3-4,7,14-15H,2,5-6,8H2,1H3. The van der Waals surface area contributed by atoms with Gasteiger partial charge in [0.15, 0.2) is 0 Å². The topological polar surface area (TPSA) is 41.5 Å². The Morgan fingerprint density at radius 2 is 2.31 bits per heavy atom. The summed E-state index contributed by atoms with van der Waals surface area (Å²) in [5, 5.41) is 14.2. The number of methoxy groups -OCH3 is 1. The second-order valence-electron chi connectivity index (χ2n) is 4.16. The SMILES string of the molecule is COc1ccc(C2(O)CCCNC2)c(Cl)c1. The lowest BCUT2D eigenvalue weighted by Crippen LogP contribution is -2.43. The molecule has 88 valence electrons. The van der Waals surface area contributed by atoms with E-state index in [2.05, 4.69) is 5.32 Å². The lowest BCUT2D eigenvalue weighted by atomic mass is 9.86. The molecule has 0 aliphatic carbocycles. The van der Waals surface area contributed by atoms with Crippen LogP contribution in [0.4, 0.5) is 0 Å². The van der Waals surface area contributed by atoms with Crippen molar-refractivity contribution in [2.75, 3.05) is 20.2 Å². The van der Waals surface area contributed by atoms with Crippen LogP contribution in [0.15, 0.2) is 18.2 Å². The Kier molecular flexibility index (Phi) is 3.38. The number of nitrogens with one attached hydrogen (secondary N) is 1. The Morgan fingerprint density at radius 1 is 1.50 bits per heavy atom. The lowest BCUT2D eigenvalue weighted by molar-refractivity contribution is 0.0124. The van der Waals surface area contributed by atoms with Crippen LogP contribution in [0, 0.1) is 0 Å². The zero-order valence-corrected chi connectivity index (χ0v) is 10.0. The summed E-state index contributed by atoms with van der Waals surface area (Å²) >= 11 is 6.16. The molecule has 4 heteroatoms. The molecule has 0 saturated carbocycles. The maximum Gasteiger partial charge on any atom is 0.120 e. The van der Waals surface area contributed by atoms with Gasteiger partial charge in [0.1, 0.15) is 11.4 Å². The van der Waals surface area contributed by atoms with Crippen LogP contribution in [0.1, 0.15) is 18.4 Å². The van der Waals surface area contributed by atoms with E-state index in [1.807, 2.05) is 12.1 Å². The highest BCUT2D eigenvalue weighted by Crippen LogP contribution is 2.35. The number of rotatable bonds is 2. The zero-order chi connectivity index (χ0) is 11.6. The van der Waals surface area contributed by atoms with Gasteiger partial charge in [-0.05, 0) is 31.5 Å². The molecule has 3 nitrogen and oxygen atoms in total. The molecule has 1 heterocycles. The van der Waals surface area contributed by atoms with E-state index in [1.54, 1.807) is 13.2 Å². The van der Waals surface area contributed by atoms with Gasteiger partial charge in [-0.2, -0.15) is 0 Å². The number of hydrogen-bond acceptors (Lipinski definition) is 3. The average molecular weight is 242 g/mol. The predicted octanol–water partition coefficient (Wildman–Crippen LogP) is 1.92. The first-order valence-electron chi connectivity index (χ1n) is 5.43. The van der Waals surface area contributed by atoms with Crippen LogP contribution in [-0.2, 0) is 5.60 Å². The Labute approximate surface area is 100 Å². The third kappa shape index (κ3) is 2.17. The zero-order valence-electron chi connectivity index (χ0n) is 9.29. The van der Waals surface area contributed by atoms with Crippen LogP contribution >= 0.6 is 11.6 Å². The van der Waals surface area contributed by atoms with Crippen molar-refractivity contribution in [3.63, 3.8) is 0 Å². The minimum Gasteiger partial charge on any atom is -0.497 e. The summed E-state index contributed by atoms with van der Waals surface area (Å²) in [5.74, 6) is 0.709. The average Bonchev–Trinajstić information content (AvgIpc) is 2.29. The van der Waals surface area contributed by atoms with Crippen molar-refractivity contribution in [3.05, 3.63) is 28.8 Å². The van der Waals surface area contributed by atoms with Crippen molar-refractivity contribution in [3.8, 4) is 5.75 Å². The monoisotopic (exact) mass is 241 g/mol. The minimum absolute atomic E-state index is 0.555. The fourth-order valence-electron chi connectivity index (χ4n) is 2.12. The van der Waals surface area contributed by atoms with Gasteiger partial charge < -0.3 is 15.2 Å². The quantitative estimate of drug-likeness (QED) is 0.831. The largest absolute Gasteiger partial charge is 0.497 e. The predicted molar refractivity (Wildman–Crippen MR) is 64.0 cm³/mol. The van der Waals surface area contributed by atoms with Gasteiger partial charge in [-0.3, -0.25) is 0 Å². The number of piperidine rings is 1. The summed E-state index contributed by atoms with van der Waals surface area (Å²) < 4.78 is 5.09. The molecule has 2 rings (SSSR count). The first kappa shape index (κ1) is 11.7. The van der Waals surface area contributed by atoms with Gasteiger partial charge >= 0.3 is 0 Å². The maximum absolute atomic E-state index is 10.5. The van der Waals surface area contributed by atoms with E-state index < -0.39 is 5.60 Å². The molecular formula is C12H16ClNO2. The molecule has 1 fully saturated rings. The van der Waals surface area contributed by atoms with Gasteiger partial charge in [-0.1, -0.05) is 17.7 Å². The molecule has 1 unspecified atom stereocenters. The maximum atomic E-state index is 10.5. The van der Waals surface area contributed by atoms with Crippen molar-refractivity contribution >= 4 is 11.6 Å². The summed E-state index contributed by atoms with van der Waals surface area (Å²) in [6, 6.07) is 5.41. The fraction of sp³-hybridized carbons (Fsp3) is 0.500. The second-order valence-corrected chi connectivity index (χ2v) is 4.56. The van der Waals surface area contributed by atoms with E-state index in [-0.39, 0.29) is 0 Å². The number of hydrogen-bond donors (Lipinski definition) is 2. The molecule has 2 N–H and O–H groups in total. The number of β-amino-alcohol motifs (C(OH)–C–C–N with tert-alkyl or cyclic N) is 1. The summed E-state index contributed by atoms with van der Waals surface area (Å²) in [7, 11) is 1.60. The first-order valence-corrected chi connectivity index (χ1v) is 5.81. The summed E-state index contributed by atoms with van der Waals surface area (Å²) in [6.45, 7) is 1.51. The summed E-state index contributed by atoms with van der Waals surface area (Å²) in [5.41, 5.74) is -0.0658. The van der Waals surface area contributed by atoms with Crippen LogP contribution in [-0.4, -0.2) is 25.3 Å². The van der Waals surface area contributed by atoms with Crippen LogP contribution in [0.5, 0.6) is 5.75 Å². The van der Waals surface area contributed by atoms with Crippen LogP contribution in [0.2, 0.25) is 5.02 Å². The molecule has 1 aromatic carbocycles. The van der Waals surface area contributed by atoms with Crippen molar-refractivity contribution in [1.29, 1.82) is 0 Å². The van der Waals surface area contributed by atoms with Crippen LogP contribution in [0.25, 0.3) is 0 Å². The molecule has 0 radical (unpaired) electrons. The van der Waals surface area contributed by atoms with Gasteiger partial charge in [0.2, 0.25) is 0 Å². The molecular weight excluding hydrogens is 226 g/mol. The molecule has 0 spiro atoms. The molecule has 1 aromatic rings. The smallest absolute Gasteiger partial charge is 0.120 e. The Balaban J connectivity index is 2.32. The van der Waals surface area contributed by atoms with Gasteiger partial charge in [-0.15, -0.1) is 0 Å². The second kappa shape index (κ2) is 4.62. The molecule has 16 heavy (non-hydrogen) atoms. The molecule has 1 aliphatic rings.